The maximum atomic E-state index is 13.3. The van der Waals surface area contributed by atoms with Crippen LogP contribution in [0.2, 0.25) is 0 Å². The molecule has 9 heteroatoms. The zero-order valence-electron chi connectivity index (χ0n) is 9.03. The normalized spacial score (nSPS) is 14.3. The largest absolute Gasteiger partial charge is 0.494 e. The second-order valence-electron chi connectivity index (χ2n) is 3.40. The molecule has 1 unspecified atom stereocenters. The first-order valence-corrected chi connectivity index (χ1v) is 6.10. The number of rotatable bonds is 3. The van der Waals surface area contributed by atoms with E-state index in [0.717, 1.165) is 19.2 Å². The molecule has 0 aliphatic carbocycles. The Hall–Kier alpha value is -1.35. The molecule has 0 bridgehead atoms. The Balaban J connectivity index is 3.37. The van der Waals surface area contributed by atoms with Crippen LogP contribution < -0.4 is 9.88 Å². The predicted octanol–water partition coefficient (Wildman–Crippen LogP) is 1.73. The smallest absolute Gasteiger partial charge is 0.410 e. The molecule has 4 nitrogen and oxygen atoms in total. The van der Waals surface area contributed by atoms with E-state index in [1.807, 2.05) is 0 Å². The van der Waals surface area contributed by atoms with Crippen molar-refractivity contribution in [2.75, 3.05) is 7.11 Å². The first-order chi connectivity index (χ1) is 8.07. The summed E-state index contributed by atoms with van der Waals surface area (Å²) in [4.78, 5) is 0. The number of primary sulfonamides is 1. The van der Waals surface area contributed by atoms with Crippen LogP contribution >= 0.6 is 0 Å². The number of ether oxygens (including phenoxy) is 1. The number of nitrogens with two attached hydrogens (primary N) is 1. The van der Waals surface area contributed by atoms with Gasteiger partial charge in [-0.15, -0.1) is 0 Å². The van der Waals surface area contributed by atoms with Crippen LogP contribution in [0.5, 0.6) is 5.75 Å². The van der Waals surface area contributed by atoms with Gasteiger partial charge in [0.1, 0.15) is 0 Å². The first-order valence-electron chi connectivity index (χ1n) is 4.49. The summed E-state index contributed by atoms with van der Waals surface area (Å²) in [5.74, 6) is -1.40. The van der Waals surface area contributed by atoms with Gasteiger partial charge in [-0.05, 0) is 17.7 Å². The van der Waals surface area contributed by atoms with Crippen LogP contribution in [0.15, 0.2) is 18.2 Å². The Morgan fingerprint density at radius 2 is 1.89 bits per heavy atom. The summed E-state index contributed by atoms with van der Waals surface area (Å²) >= 11 is 0. The van der Waals surface area contributed by atoms with Gasteiger partial charge in [0.25, 0.3) is 0 Å². The Kier molecular flexibility index (Phi) is 3.86. The third-order valence-corrected chi connectivity index (χ3v) is 3.30. The van der Waals surface area contributed by atoms with Gasteiger partial charge >= 0.3 is 6.18 Å². The molecule has 0 aliphatic rings. The quantitative estimate of drug-likeness (QED) is 0.861. The van der Waals surface area contributed by atoms with Crippen molar-refractivity contribution >= 4 is 10.0 Å². The van der Waals surface area contributed by atoms with E-state index in [1.165, 1.54) is 0 Å². The van der Waals surface area contributed by atoms with Crippen molar-refractivity contribution < 1.29 is 30.7 Å². The molecule has 0 saturated carbocycles. The fraction of sp³-hybridized carbons (Fsp3) is 0.333. The molecule has 0 amide bonds. The molecule has 0 heterocycles. The summed E-state index contributed by atoms with van der Waals surface area (Å²) in [5, 5.41) is 1.55. The maximum Gasteiger partial charge on any atom is 0.410 e. The minimum Gasteiger partial charge on any atom is -0.494 e. The highest BCUT2D eigenvalue weighted by atomic mass is 32.2. The topological polar surface area (TPSA) is 69.4 Å². The van der Waals surface area contributed by atoms with E-state index in [-0.39, 0.29) is 5.75 Å². The fourth-order valence-corrected chi connectivity index (χ4v) is 2.31. The lowest BCUT2D eigenvalue weighted by atomic mass is 10.1. The van der Waals surface area contributed by atoms with Gasteiger partial charge in [0.05, 0.1) is 7.11 Å². The van der Waals surface area contributed by atoms with Crippen molar-refractivity contribution in [2.45, 2.75) is 11.4 Å². The molecular weight excluding hydrogens is 278 g/mol. The molecular formula is C9H9F4NO3S. The van der Waals surface area contributed by atoms with Crippen LogP contribution in [0.3, 0.4) is 0 Å². The number of methoxy groups -OCH3 is 1. The van der Waals surface area contributed by atoms with E-state index in [4.69, 9.17) is 0 Å². The Labute approximate surface area is 100 Å². The van der Waals surface area contributed by atoms with E-state index in [9.17, 15) is 26.0 Å². The van der Waals surface area contributed by atoms with Crippen molar-refractivity contribution in [3.8, 4) is 5.75 Å². The lowest BCUT2D eigenvalue weighted by Gasteiger charge is -2.18. The highest BCUT2D eigenvalue weighted by Crippen LogP contribution is 2.38. The Morgan fingerprint density at radius 1 is 1.33 bits per heavy atom. The summed E-state index contributed by atoms with van der Waals surface area (Å²) < 4.78 is 77.5. The number of hydrogen-bond donors (Lipinski definition) is 1. The third-order valence-electron chi connectivity index (χ3n) is 2.10. The molecule has 0 radical (unpaired) electrons. The summed E-state index contributed by atoms with van der Waals surface area (Å²) in [7, 11) is -3.82. The van der Waals surface area contributed by atoms with E-state index in [2.05, 4.69) is 9.88 Å². The second-order valence-corrected chi connectivity index (χ2v) is 5.05. The van der Waals surface area contributed by atoms with Gasteiger partial charge in [0.2, 0.25) is 10.0 Å². The van der Waals surface area contributed by atoms with Gasteiger partial charge < -0.3 is 4.74 Å². The van der Waals surface area contributed by atoms with E-state index >= 15 is 0 Å². The summed E-state index contributed by atoms with van der Waals surface area (Å²) in [6.07, 6.45) is -5.13. The Morgan fingerprint density at radius 3 is 2.22 bits per heavy atom. The molecule has 0 saturated heterocycles. The van der Waals surface area contributed by atoms with E-state index < -0.39 is 32.8 Å². The monoisotopic (exact) mass is 287 g/mol. The summed E-state index contributed by atoms with van der Waals surface area (Å²) in [6.45, 7) is 0. The lowest BCUT2D eigenvalue weighted by Crippen LogP contribution is -2.33. The molecule has 18 heavy (non-hydrogen) atoms. The van der Waals surface area contributed by atoms with Crippen LogP contribution in [0, 0.1) is 5.82 Å². The number of hydrogen-bond acceptors (Lipinski definition) is 3. The van der Waals surface area contributed by atoms with Crippen LogP contribution in [-0.2, 0) is 10.0 Å². The first kappa shape index (κ1) is 14.7. The zero-order valence-corrected chi connectivity index (χ0v) is 9.85. The second kappa shape index (κ2) is 4.73. The molecule has 1 aromatic carbocycles. The molecule has 0 fully saturated rings. The van der Waals surface area contributed by atoms with Gasteiger partial charge in [-0.1, -0.05) is 6.07 Å². The Bertz CT molecular complexity index is 541. The highest BCUT2D eigenvalue weighted by Gasteiger charge is 2.48. The average Bonchev–Trinajstić information content (AvgIpc) is 2.13. The van der Waals surface area contributed by atoms with Crippen molar-refractivity contribution in [1.82, 2.24) is 0 Å². The van der Waals surface area contributed by atoms with Crippen LogP contribution in [0.25, 0.3) is 0 Å². The van der Waals surface area contributed by atoms with Gasteiger partial charge in [0, 0.05) is 0 Å². The SMILES string of the molecule is COc1ccc(C(C(F)(F)F)S(N)(=O)=O)cc1F. The van der Waals surface area contributed by atoms with Crippen molar-refractivity contribution in [3.63, 3.8) is 0 Å². The maximum absolute atomic E-state index is 13.3. The average molecular weight is 287 g/mol. The van der Waals surface area contributed by atoms with Crippen LogP contribution in [0.4, 0.5) is 17.6 Å². The molecule has 1 aromatic rings. The highest BCUT2D eigenvalue weighted by molar-refractivity contribution is 7.89. The van der Waals surface area contributed by atoms with Crippen molar-refractivity contribution in [1.29, 1.82) is 0 Å². The molecule has 1 atom stereocenters. The number of benzene rings is 1. The minimum atomic E-state index is -5.13. The lowest BCUT2D eigenvalue weighted by molar-refractivity contribution is -0.131. The van der Waals surface area contributed by atoms with Crippen LogP contribution in [0.1, 0.15) is 10.8 Å². The van der Waals surface area contributed by atoms with Crippen molar-refractivity contribution in [3.05, 3.63) is 29.6 Å². The van der Waals surface area contributed by atoms with E-state index in [1.54, 1.807) is 0 Å². The minimum absolute atomic E-state index is 0.297. The summed E-state index contributed by atoms with van der Waals surface area (Å²) in [5.41, 5.74) is -0.802. The molecule has 2 N–H and O–H groups in total. The fourth-order valence-electron chi connectivity index (χ4n) is 1.41. The third kappa shape index (κ3) is 3.10. The van der Waals surface area contributed by atoms with Crippen molar-refractivity contribution in [2.24, 2.45) is 5.14 Å². The van der Waals surface area contributed by atoms with E-state index in [0.29, 0.717) is 6.07 Å². The molecule has 0 spiro atoms. The molecule has 1 rings (SSSR count). The van der Waals surface area contributed by atoms with Gasteiger partial charge in [-0.25, -0.2) is 17.9 Å². The number of halogens is 4. The molecule has 102 valence electrons. The number of sulfonamides is 1. The van der Waals surface area contributed by atoms with Crippen LogP contribution in [-0.4, -0.2) is 21.7 Å². The van der Waals surface area contributed by atoms with Gasteiger partial charge in [0.15, 0.2) is 16.8 Å². The molecule has 0 aliphatic heterocycles. The van der Waals surface area contributed by atoms with Gasteiger partial charge in [-0.2, -0.15) is 13.2 Å². The standard InChI is InChI=1S/C9H9F4NO3S/c1-17-7-3-2-5(4-6(7)10)8(9(11,12)13)18(14,15)16/h2-4,8H,1H3,(H2,14,15,16). The number of alkyl halides is 3. The van der Waals surface area contributed by atoms with Gasteiger partial charge in [-0.3, -0.25) is 0 Å². The predicted molar refractivity (Wildman–Crippen MR) is 54.9 cm³/mol. The summed E-state index contributed by atoms with van der Waals surface area (Å²) in [6, 6.07) is 2.13. The molecule has 0 aromatic heterocycles. The zero-order chi connectivity index (χ0) is 14.1.